The number of nitrogens with one attached hydrogen (secondary N) is 1. The molecular formula is C21H31NO6S. The van der Waals surface area contributed by atoms with E-state index in [1.807, 2.05) is 0 Å². The van der Waals surface area contributed by atoms with Crippen LogP contribution in [0.1, 0.15) is 54.4 Å². The molecule has 162 valence electrons. The highest BCUT2D eigenvalue weighted by molar-refractivity contribution is 8.13. The topological polar surface area (TPSA) is 90.9 Å². The zero-order chi connectivity index (χ0) is 22.2. The van der Waals surface area contributed by atoms with Crippen molar-refractivity contribution >= 4 is 28.9 Å². The molecular weight excluding hydrogens is 394 g/mol. The Bertz CT molecular complexity index is 703. The fourth-order valence-electron chi connectivity index (χ4n) is 2.20. The van der Waals surface area contributed by atoms with Crippen molar-refractivity contribution in [2.24, 2.45) is 0 Å². The SMILES string of the molecule is COc1ccc(SC(=O)NC(CCC(=O)OC(C)(C)C)C(=O)OC(C)(C)C)cc1. The lowest BCUT2D eigenvalue weighted by Crippen LogP contribution is -2.43. The van der Waals surface area contributed by atoms with Crippen LogP contribution in [-0.4, -0.2) is 41.5 Å². The first-order valence-corrected chi connectivity index (χ1v) is 10.2. The molecule has 1 rings (SSSR count). The summed E-state index contributed by atoms with van der Waals surface area (Å²) < 4.78 is 15.7. The van der Waals surface area contributed by atoms with Crippen LogP contribution < -0.4 is 10.1 Å². The first-order chi connectivity index (χ1) is 13.3. The molecule has 1 atom stereocenters. The van der Waals surface area contributed by atoms with Gasteiger partial charge in [0.15, 0.2) is 0 Å². The molecule has 1 aromatic rings. The van der Waals surface area contributed by atoms with Crippen LogP contribution in [0.5, 0.6) is 5.75 Å². The van der Waals surface area contributed by atoms with Crippen molar-refractivity contribution in [3.8, 4) is 5.75 Å². The average molecular weight is 426 g/mol. The van der Waals surface area contributed by atoms with Crippen molar-refractivity contribution in [3.05, 3.63) is 24.3 Å². The van der Waals surface area contributed by atoms with Gasteiger partial charge in [-0.2, -0.15) is 0 Å². The van der Waals surface area contributed by atoms with Gasteiger partial charge in [-0.05, 0) is 84.0 Å². The van der Waals surface area contributed by atoms with Gasteiger partial charge in [0.2, 0.25) is 0 Å². The Labute approximate surface area is 176 Å². The van der Waals surface area contributed by atoms with Gasteiger partial charge < -0.3 is 19.5 Å². The number of hydrogen-bond donors (Lipinski definition) is 1. The lowest BCUT2D eigenvalue weighted by atomic mass is 10.1. The highest BCUT2D eigenvalue weighted by atomic mass is 32.2. The minimum Gasteiger partial charge on any atom is -0.497 e. The third kappa shape index (κ3) is 10.8. The van der Waals surface area contributed by atoms with Crippen LogP contribution in [0.3, 0.4) is 0 Å². The van der Waals surface area contributed by atoms with Crippen molar-refractivity contribution < 1.29 is 28.6 Å². The van der Waals surface area contributed by atoms with E-state index in [0.717, 1.165) is 11.8 Å². The van der Waals surface area contributed by atoms with Gasteiger partial charge in [-0.15, -0.1) is 0 Å². The Morgan fingerprint density at radius 3 is 2.00 bits per heavy atom. The lowest BCUT2D eigenvalue weighted by Gasteiger charge is -2.25. The number of esters is 2. The summed E-state index contributed by atoms with van der Waals surface area (Å²) in [4.78, 5) is 37.6. The van der Waals surface area contributed by atoms with E-state index in [4.69, 9.17) is 14.2 Å². The van der Waals surface area contributed by atoms with E-state index in [0.29, 0.717) is 10.6 Å². The Balaban J connectivity index is 2.76. The molecule has 1 aromatic carbocycles. The van der Waals surface area contributed by atoms with Gasteiger partial charge in [-0.25, -0.2) is 4.79 Å². The maximum absolute atomic E-state index is 12.5. The van der Waals surface area contributed by atoms with Crippen LogP contribution in [0.25, 0.3) is 0 Å². The van der Waals surface area contributed by atoms with Crippen molar-refractivity contribution in [1.82, 2.24) is 5.32 Å². The summed E-state index contributed by atoms with van der Waals surface area (Å²) in [7, 11) is 1.56. The molecule has 8 heteroatoms. The molecule has 0 aliphatic carbocycles. The Kier molecular flexibility index (Phi) is 9.01. The highest BCUT2D eigenvalue weighted by Crippen LogP contribution is 2.22. The summed E-state index contributed by atoms with van der Waals surface area (Å²) in [5.41, 5.74) is -1.33. The smallest absolute Gasteiger partial charge is 0.329 e. The summed E-state index contributed by atoms with van der Waals surface area (Å²) in [5, 5.41) is 2.22. The number of thioether (sulfide) groups is 1. The second kappa shape index (κ2) is 10.5. The molecule has 7 nitrogen and oxygen atoms in total. The van der Waals surface area contributed by atoms with E-state index >= 15 is 0 Å². The Hall–Kier alpha value is -2.22. The number of rotatable bonds is 7. The zero-order valence-electron chi connectivity index (χ0n) is 18.2. The monoisotopic (exact) mass is 425 g/mol. The van der Waals surface area contributed by atoms with Crippen LogP contribution in [0, 0.1) is 0 Å². The molecule has 0 heterocycles. The maximum atomic E-state index is 12.5. The third-order valence-electron chi connectivity index (χ3n) is 3.31. The van der Waals surface area contributed by atoms with Gasteiger partial charge in [0.1, 0.15) is 23.0 Å². The fourth-order valence-corrected chi connectivity index (χ4v) is 2.89. The van der Waals surface area contributed by atoms with Crippen LogP contribution in [0.15, 0.2) is 29.2 Å². The molecule has 0 saturated carbocycles. The van der Waals surface area contributed by atoms with E-state index in [-0.39, 0.29) is 12.8 Å². The number of hydrogen-bond acceptors (Lipinski definition) is 7. The molecule has 0 fully saturated rings. The predicted molar refractivity (Wildman–Crippen MR) is 112 cm³/mol. The summed E-state index contributed by atoms with van der Waals surface area (Å²) in [6.45, 7) is 10.5. The summed E-state index contributed by atoms with van der Waals surface area (Å²) >= 11 is 0.941. The second-order valence-electron chi connectivity index (χ2n) is 8.42. The van der Waals surface area contributed by atoms with Crippen LogP contribution in [-0.2, 0) is 19.1 Å². The van der Waals surface area contributed by atoms with Gasteiger partial charge >= 0.3 is 11.9 Å². The minimum atomic E-state index is -0.958. The molecule has 0 saturated heterocycles. The predicted octanol–water partition coefficient (Wildman–Crippen LogP) is 4.33. The number of methoxy groups -OCH3 is 1. The summed E-state index contributed by atoms with van der Waals surface area (Å²) in [6, 6.07) is 6.01. The minimum absolute atomic E-state index is 0.0192. The molecule has 1 amide bonds. The van der Waals surface area contributed by atoms with Crippen molar-refractivity contribution in [1.29, 1.82) is 0 Å². The van der Waals surface area contributed by atoms with Crippen molar-refractivity contribution in [2.45, 2.75) is 76.5 Å². The molecule has 0 aliphatic rings. The number of carbonyl (C=O) groups is 3. The normalized spacial score (nSPS) is 12.7. The first-order valence-electron chi connectivity index (χ1n) is 9.36. The summed E-state index contributed by atoms with van der Waals surface area (Å²) in [6.07, 6.45) is 0.0629. The third-order valence-corrected chi connectivity index (χ3v) is 4.12. The zero-order valence-corrected chi connectivity index (χ0v) is 19.0. The van der Waals surface area contributed by atoms with Crippen molar-refractivity contribution in [3.63, 3.8) is 0 Å². The molecule has 1 unspecified atom stereocenters. The number of benzene rings is 1. The number of ether oxygens (including phenoxy) is 3. The van der Waals surface area contributed by atoms with E-state index in [1.54, 1.807) is 72.9 Å². The van der Waals surface area contributed by atoms with E-state index in [1.165, 1.54) is 0 Å². The van der Waals surface area contributed by atoms with E-state index in [9.17, 15) is 14.4 Å². The molecule has 0 aromatic heterocycles. The number of carbonyl (C=O) groups excluding carboxylic acids is 3. The molecule has 0 bridgehead atoms. The van der Waals surface area contributed by atoms with Gasteiger partial charge in [-0.1, -0.05) is 0 Å². The van der Waals surface area contributed by atoms with Crippen LogP contribution >= 0.6 is 11.8 Å². The van der Waals surface area contributed by atoms with Crippen molar-refractivity contribution in [2.75, 3.05) is 7.11 Å². The van der Waals surface area contributed by atoms with Gasteiger partial charge in [-0.3, -0.25) is 9.59 Å². The molecule has 0 aliphatic heterocycles. The fraction of sp³-hybridized carbons (Fsp3) is 0.571. The largest absolute Gasteiger partial charge is 0.497 e. The highest BCUT2D eigenvalue weighted by Gasteiger charge is 2.28. The number of amides is 1. The van der Waals surface area contributed by atoms with Gasteiger partial charge in [0, 0.05) is 11.3 Å². The second-order valence-corrected chi connectivity index (χ2v) is 9.47. The maximum Gasteiger partial charge on any atom is 0.329 e. The quantitative estimate of drug-likeness (QED) is 0.513. The van der Waals surface area contributed by atoms with Gasteiger partial charge in [0.05, 0.1) is 7.11 Å². The molecule has 29 heavy (non-hydrogen) atoms. The Morgan fingerprint density at radius 2 is 1.52 bits per heavy atom. The molecule has 1 N–H and O–H groups in total. The molecule has 0 spiro atoms. The van der Waals surface area contributed by atoms with Gasteiger partial charge in [0.25, 0.3) is 5.24 Å². The average Bonchev–Trinajstić information content (AvgIpc) is 2.56. The van der Waals surface area contributed by atoms with Crippen LogP contribution in [0.4, 0.5) is 4.79 Å². The van der Waals surface area contributed by atoms with E-state index in [2.05, 4.69) is 5.32 Å². The standard InChI is InChI=1S/C21H31NO6S/c1-20(2,3)27-17(23)13-12-16(18(24)28-21(4,5)6)22-19(25)29-15-10-8-14(26-7)9-11-15/h8-11,16H,12-13H2,1-7H3,(H,22,25). The first kappa shape index (κ1) is 24.8. The van der Waals surface area contributed by atoms with E-state index < -0.39 is 34.4 Å². The van der Waals surface area contributed by atoms with Crippen LogP contribution in [0.2, 0.25) is 0 Å². The molecule has 0 radical (unpaired) electrons. The lowest BCUT2D eigenvalue weighted by molar-refractivity contribution is -0.158. The summed E-state index contributed by atoms with van der Waals surface area (Å²) in [5.74, 6) is -0.355. The Morgan fingerprint density at radius 1 is 0.966 bits per heavy atom.